The van der Waals surface area contributed by atoms with Gasteiger partial charge in [-0.2, -0.15) is 0 Å². The molecule has 0 amide bonds. The molecule has 0 atom stereocenters. The first-order chi connectivity index (χ1) is 11.3. The minimum absolute atomic E-state index is 0.0681. The van der Waals surface area contributed by atoms with Crippen LogP contribution in [-0.2, 0) is 22.6 Å². The Morgan fingerprint density at radius 3 is 2.38 bits per heavy atom. The molecule has 0 bridgehead atoms. The second-order valence-corrected chi connectivity index (χ2v) is 5.84. The van der Waals surface area contributed by atoms with E-state index in [1.165, 1.54) is 19.1 Å². The summed E-state index contributed by atoms with van der Waals surface area (Å²) in [6.07, 6.45) is 0.343. The molecular formula is C19H21FO4. The average Bonchev–Trinajstić information content (AvgIpc) is 2.50. The number of halogens is 1. The van der Waals surface area contributed by atoms with Crippen molar-refractivity contribution in [2.45, 2.75) is 39.9 Å². The van der Waals surface area contributed by atoms with Crippen LogP contribution in [0.1, 0.15) is 37.5 Å². The Morgan fingerprint density at radius 1 is 1.17 bits per heavy atom. The summed E-state index contributed by atoms with van der Waals surface area (Å²) in [5.74, 6) is -0.392. The number of rotatable bonds is 6. The lowest BCUT2D eigenvalue weighted by molar-refractivity contribution is -0.142. The van der Waals surface area contributed by atoms with E-state index in [0.717, 1.165) is 11.3 Å². The summed E-state index contributed by atoms with van der Waals surface area (Å²) in [6.45, 7) is 5.09. The molecule has 0 unspecified atom stereocenters. The third kappa shape index (κ3) is 4.98. The van der Waals surface area contributed by atoms with Crippen LogP contribution in [0.25, 0.3) is 0 Å². The van der Waals surface area contributed by atoms with Crippen LogP contribution >= 0.6 is 0 Å². The van der Waals surface area contributed by atoms with E-state index in [2.05, 4.69) is 0 Å². The quantitative estimate of drug-likeness (QED) is 0.813. The van der Waals surface area contributed by atoms with Crippen LogP contribution in [0, 0.1) is 5.82 Å². The number of hydrogen-bond acceptors (Lipinski definition) is 4. The Labute approximate surface area is 140 Å². The fraction of sp³-hybridized carbons (Fsp3) is 0.316. The van der Waals surface area contributed by atoms with E-state index in [9.17, 15) is 14.3 Å². The highest BCUT2D eigenvalue weighted by Gasteiger charge is 2.12. The molecule has 2 aromatic carbocycles. The Morgan fingerprint density at radius 2 is 1.83 bits per heavy atom. The lowest BCUT2D eigenvalue weighted by Gasteiger charge is -2.12. The topological polar surface area (TPSA) is 55.8 Å². The van der Waals surface area contributed by atoms with Gasteiger partial charge < -0.3 is 14.6 Å². The number of carbonyl (C=O) groups excluding carboxylic acids is 1. The van der Waals surface area contributed by atoms with Crippen LogP contribution in [0.4, 0.5) is 4.39 Å². The van der Waals surface area contributed by atoms with Crippen molar-refractivity contribution in [3.8, 4) is 11.5 Å². The standard InChI is InChI=1S/C19H21FO4/c1-12(2)24-16-6-4-14(5-7-16)8-17-18(20)9-15(10-19(17)22)11-23-13(3)21/h4-7,9-10,12,22H,8,11H2,1-3H3. The van der Waals surface area contributed by atoms with Crippen molar-refractivity contribution in [3.05, 3.63) is 58.9 Å². The van der Waals surface area contributed by atoms with Crippen LogP contribution in [-0.4, -0.2) is 17.2 Å². The fourth-order valence-electron chi connectivity index (χ4n) is 2.28. The highest BCUT2D eigenvalue weighted by Crippen LogP contribution is 2.26. The van der Waals surface area contributed by atoms with Crippen molar-refractivity contribution < 1.29 is 23.8 Å². The van der Waals surface area contributed by atoms with Crippen LogP contribution in [0.3, 0.4) is 0 Å². The number of esters is 1. The van der Waals surface area contributed by atoms with Crippen molar-refractivity contribution in [3.63, 3.8) is 0 Å². The highest BCUT2D eigenvalue weighted by atomic mass is 19.1. The van der Waals surface area contributed by atoms with Gasteiger partial charge in [-0.05, 0) is 49.2 Å². The number of benzene rings is 2. The zero-order valence-electron chi connectivity index (χ0n) is 14.0. The van der Waals surface area contributed by atoms with Crippen molar-refractivity contribution in [2.24, 2.45) is 0 Å². The van der Waals surface area contributed by atoms with Gasteiger partial charge in [0.05, 0.1) is 6.10 Å². The molecule has 0 fully saturated rings. The second kappa shape index (κ2) is 7.81. The first-order valence-electron chi connectivity index (χ1n) is 7.74. The Kier molecular flexibility index (Phi) is 5.79. The molecule has 0 aliphatic carbocycles. The molecule has 4 nitrogen and oxygen atoms in total. The minimum atomic E-state index is -0.528. The molecule has 24 heavy (non-hydrogen) atoms. The van der Waals surface area contributed by atoms with Crippen LogP contribution in [0.15, 0.2) is 36.4 Å². The van der Waals surface area contributed by atoms with E-state index in [0.29, 0.717) is 5.56 Å². The summed E-state index contributed by atoms with van der Waals surface area (Å²) < 4.78 is 24.6. The molecule has 0 aromatic heterocycles. The summed E-state index contributed by atoms with van der Waals surface area (Å²) in [7, 11) is 0. The summed E-state index contributed by atoms with van der Waals surface area (Å²) in [6, 6.07) is 10.00. The van der Waals surface area contributed by atoms with E-state index >= 15 is 0 Å². The maximum atomic E-state index is 14.2. The second-order valence-electron chi connectivity index (χ2n) is 5.84. The van der Waals surface area contributed by atoms with Gasteiger partial charge in [0.1, 0.15) is 23.9 Å². The number of ether oxygens (including phenoxy) is 2. The van der Waals surface area contributed by atoms with E-state index < -0.39 is 11.8 Å². The van der Waals surface area contributed by atoms with Gasteiger partial charge in [0.25, 0.3) is 0 Å². The third-order valence-corrected chi connectivity index (χ3v) is 3.35. The van der Waals surface area contributed by atoms with Gasteiger partial charge in [0.2, 0.25) is 0 Å². The Hall–Kier alpha value is -2.56. The predicted octanol–water partition coefficient (Wildman–Crippen LogP) is 3.97. The third-order valence-electron chi connectivity index (χ3n) is 3.35. The van der Waals surface area contributed by atoms with Gasteiger partial charge in [-0.15, -0.1) is 0 Å². The monoisotopic (exact) mass is 332 g/mol. The lowest BCUT2D eigenvalue weighted by Crippen LogP contribution is -2.05. The zero-order valence-corrected chi connectivity index (χ0v) is 14.0. The summed E-state index contributed by atoms with van der Waals surface area (Å²) in [4.78, 5) is 10.8. The number of carbonyl (C=O) groups is 1. The Balaban J connectivity index is 2.13. The van der Waals surface area contributed by atoms with Crippen molar-refractivity contribution in [1.82, 2.24) is 0 Å². The molecule has 2 aromatic rings. The van der Waals surface area contributed by atoms with Gasteiger partial charge >= 0.3 is 5.97 Å². The summed E-state index contributed by atoms with van der Waals surface area (Å²) in [5.41, 5.74) is 1.47. The molecule has 0 spiro atoms. The number of phenols is 1. The molecule has 0 heterocycles. The zero-order chi connectivity index (χ0) is 17.7. The largest absolute Gasteiger partial charge is 0.508 e. The molecule has 0 saturated heterocycles. The first-order valence-corrected chi connectivity index (χ1v) is 7.74. The maximum absolute atomic E-state index is 14.2. The van der Waals surface area contributed by atoms with Crippen molar-refractivity contribution in [1.29, 1.82) is 0 Å². The van der Waals surface area contributed by atoms with E-state index in [4.69, 9.17) is 9.47 Å². The number of aromatic hydroxyl groups is 1. The fourth-order valence-corrected chi connectivity index (χ4v) is 2.28. The molecule has 0 radical (unpaired) electrons. The molecule has 0 aliphatic heterocycles. The van der Waals surface area contributed by atoms with Crippen molar-refractivity contribution >= 4 is 5.97 Å². The predicted molar refractivity (Wildman–Crippen MR) is 88.5 cm³/mol. The SMILES string of the molecule is CC(=O)OCc1cc(O)c(Cc2ccc(OC(C)C)cc2)c(F)c1. The highest BCUT2D eigenvalue weighted by molar-refractivity contribution is 5.65. The van der Waals surface area contributed by atoms with E-state index in [1.807, 2.05) is 38.1 Å². The molecule has 0 saturated carbocycles. The molecule has 5 heteroatoms. The molecular weight excluding hydrogens is 311 g/mol. The van der Waals surface area contributed by atoms with Crippen LogP contribution in [0.2, 0.25) is 0 Å². The van der Waals surface area contributed by atoms with Crippen LogP contribution < -0.4 is 4.74 Å². The van der Waals surface area contributed by atoms with Crippen molar-refractivity contribution in [2.75, 3.05) is 0 Å². The maximum Gasteiger partial charge on any atom is 0.302 e. The molecule has 2 rings (SSSR count). The average molecular weight is 332 g/mol. The smallest absolute Gasteiger partial charge is 0.302 e. The first kappa shape index (κ1) is 17.8. The number of phenolic OH excluding ortho intramolecular Hbond substituents is 1. The van der Waals surface area contributed by atoms with Crippen LogP contribution in [0.5, 0.6) is 11.5 Å². The summed E-state index contributed by atoms with van der Waals surface area (Å²) >= 11 is 0. The molecule has 1 N–H and O–H groups in total. The normalized spacial score (nSPS) is 10.7. The lowest BCUT2D eigenvalue weighted by atomic mass is 10.0. The van der Waals surface area contributed by atoms with Gasteiger partial charge in [-0.3, -0.25) is 4.79 Å². The Bertz CT molecular complexity index is 685. The van der Waals surface area contributed by atoms with Gasteiger partial charge in [0.15, 0.2) is 0 Å². The molecule has 128 valence electrons. The minimum Gasteiger partial charge on any atom is -0.508 e. The van der Waals surface area contributed by atoms with Gasteiger partial charge in [-0.25, -0.2) is 4.39 Å². The number of hydrogen-bond donors (Lipinski definition) is 1. The van der Waals surface area contributed by atoms with Gasteiger partial charge in [0, 0.05) is 18.9 Å². The van der Waals surface area contributed by atoms with E-state index in [-0.39, 0.29) is 30.4 Å². The summed E-state index contributed by atoms with van der Waals surface area (Å²) in [5, 5.41) is 10.1. The van der Waals surface area contributed by atoms with E-state index in [1.54, 1.807) is 0 Å². The molecule has 0 aliphatic rings. The van der Waals surface area contributed by atoms with Gasteiger partial charge in [-0.1, -0.05) is 12.1 Å².